The summed E-state index contributed by atoms with van der Waals surface area (Å²) in [5.74, 6) is -0.277. The third kappa shape index (κ3) is 3.16. The van der Waals surface area contributed by atoms with Crippen molar-refractivity contribution in [3.05, 3.63) is 61.9 Å². The fourth-order valence-corrected chi connectivity index (χ4v) is 3.46. The molecule has 0 aliphatic rings. The first-order chi connectivity index (χ1) is 11.4. The summed E-state index contributed by atoms with van der Waals surface area (Å²) in [5.41, 5.74) is 3.44. The van der Waals surface area contributed by atoms with Crippen LogP contribution >= 0.6 is 39.1 Å². The number of benzene rings is 1. The molecule has 2 aromatic heterocycles. The molecule has 1 amide bonds. The number of nitrogens with one attached hydrogen (secondary N) is 1. The smallest absolute Gasteiger partial charge is 0.274 e. The molecule has 24 heavy (non-hydrogen) atoms. The molecule has 1 N–H and O–H groups in total. The maximum atomic E-state index is 12.9. The van der Waals surface area contributed by atoms with Crippen molar-refractivity contribution in [3.8, 4) is 0 Å². The van der Waals surface area contributed by atoms with Crippen LogP contribution in [-0.4, -0.2) is 15.3 Å². The van der Waals surface area contributed by atoms with Gasteiger partial charge in [-0.2, -0.15) is 0 Å². The third-order valence-electron chi connectivity index (χ3n) is 3.67. The molecule has 3 rings (SSSR count). The van der Waals surface area contributed by atoms with E-state index in [0.29, 0.717) is 27.8 Å². The van der Waals surface area contributed by atoms with Gasteiger partial charge in [-0.25, -0.2) is 4.98 Å². The van der Waals surface area contributed by atoms with E-state index in [1.54, 1.807) is 22.6 Å². The van der Waals surface area contributed by atoms with E-state index in [0.717, 1.165) is 21.4 Å². The van der Waals surface area contributed by atoms with E-state index in [2.05, 4.69) is 26.2 Å². The largest absolute Gasteiger partial charge is 0.319 e. The molecule has 0 atom stereocenters. The summed E-state index contributed by atoms with van der Waals surface area (Å²) in [6, 6.07) is 6.91. The zero-order chi connectivity index (χ0) is 17.4. The standard InChI is InChI=1S/C17H14BrCl2N3O/c1-3-13-15(23-8-10(18)6-9(2)16(23)21-13)17(24)22-14-7-11(19)4-5-12(14)20/h4-8H,3H2,1-2H3,(H,22,24). The van der Waals surface area contributed by atoms with Crippen LogP contribution in [0, 0.1) is 6.92 Å². The van der Waals surface area contributed by atoms with Crippen molar-refractivity contribution in [2.45, 2.75) is 20.3 Å². The summed E-state index contributed by atoms with van der Waals surface area (Å²) >= 11 is 15.6. The van der Waals surface area contributed by atoms with Gasteiger partial charge >= 0.3 is 0 Å². The highest BCUT2D eigenvalue weighted by molar-refractivity contribution is 9.10. The summed E-state index contributed by atoms with van der Waals surface area (Å²) in [5, 5.41) is 3.76. The van der Waals surface area contributed by atoms with Crippen LogP contribution in [0.1, 0.15) is 28.7 Å². The highest BCUT2D eigenvalue weighted by atomic mass is 79.9. The van der Waals surface area contributed by atoms with Gasteiger partial charge < -0.3 is 5.32 Å². The molecule has 124 valence electrons. The van der Waals surface area contributed by atoms with Crippen LogP contribution in [-0.2, 0) is 6.42 Å². The third-order valence-corrected chi connectivity index (χ3v) is 4.67. The van der Waals surface area contributed by atoms with Crippen LogP contribution in [0.15, 0.2) is 34.9 Å². The van der Waals surface area contributed by atoms with Gasteiger partial charge in [-0.3, -0.25) is 9.20 Å². The highest BCUT2D eigenvalue weighted by Gasteiger charge is 2.20. The number of fused-ring (bicyclic) bond motifs is 1. The van der Waals surface area contributed by atoms with Crippen molar-refractivity contribution in [2.75, 3.05) is 5.32 Å². The molecule has 0 unspecified atom stereocenters. The Kier molecular flexibility index (Phi) is 4.85. The van der Waals surface area contributed by atoms with E-state index in [1.807, 2.05) is 26.1 Å². The number of anilines is 1. The van der Waals surface area contributed by atoms with Crippen LogP contribution in [0.3, 0.4) is 0 Å². The number of nitrogens with zero attached hydrogens (tertiary/aromatic N) is 2. The number of aryl methyl sites for hydroxylation is 2. The molecule has 0 saturated carbocycles. The Morgan fingerprint density at radius 2 is 2.08 bits per heavy atom. The maximum Gasteiger partial charge on any atom is 0.274 e. The molecule has 7 heteroatoms. The topological polar surface area (TPSA) is 46.4 Å². The van der Waals surface area contributed by atoms with Crippen molar-refractivity contribution >= 4 is 56.4 Å². The lowest BCUT2D eigenvalue weighted by atomic mass is 10.2. The number of imidazole rings is 1. The zero-order valence-corrected chi connectivity index (χ0v) is 16.1. The Hall–Kier alpha value is -1.56. The summed E-state index contributed by atoms with van der Waals surface area (Å²) in [7, 11) is 0. The molecule has 3 aromatic rings. The lowest BCUT2D eigenvalue weighted by Crippen LogP contribution is -2.16. The van der Waals surface area contributed by atoms with Gasteiger partial charge in [0.25, 0.3) is 5.91 Å². The van der Waals surface area contributed by atoms with E-state index in [1.165, 1.54) is 0 Å². The van der Waals surface area contributed by atoms with Gasteiger partial charge in [-0.1, -0.05) is 30.1 Å². The average Bonchev–Trinajstić information content (AvgIpc) is 2.89. The predicted molar refractivity (Wildman–Crippen MR) is 101 cm³/mol. The fraction of sp³-hybridized carbons (Fsp3) is 0.176. The number of amides is 1. The summed E-state index contributed by atoms with van der Waals surface area (Å²) in [4.78, 5) is 17.5. The number of halogens is 3. The van der Waals surface area contributed by atoms with Crippen LogP contribution in [0.5, 0.6) is 0 Å². The van der Waals surface area contributed by atoms with Gasteiger partial charge in [0.05, 0.1) is 16.4 Å². The number of rotatable bonds is 3. The molecule has 0 saturated heterocycles. The molecule has 0 aliphatic carbocycles. The summed E-state index contributed by atoms with van der Waals surface area (Å²) in [6.45, 7) is 3.93. The van der Waals surface area contributed by atoms with Crippen molar-refractivity contribution in [1.82, 2.24) is 9.38 Å². The van der Waals surface area contributed by atoms with Gasteiger partial charge in [0.15, 0.2) is 0 Å². The Labute approximate surface area is 157 Å². The summed E-state index contributed by atoms with van der Waals surface area (Å²) < 4.78 is 2.67. The Morgan fingerprint density at radius 1 is 1.33 bits per heavy atom. The molecular formula is C17H14BrCl2N3O. The van der Waals surface area contributed by atoms with Crippen LogP contribution in [0.2, 0.25) is 10.0 Å². The number of aromatic nitrogens is 2. The quantitative estimate of drug-likeness (QED) is 0.598. The molecule has 0 spiro atoms. The molecule has 1 aromatic carbocycles. The van der Waals surface area contributed by atoms with E-state index < -0.39 is 0 Å². The number of pyridine rings is 1. The normalized spacial score (nSPS) is 11.0. The fourth-order valence-electron chi connectivity index (χ4n) is 2.58. The average molecular weight is 427 g/mol. The molecule has 0 bridgehead atoms. The predicted octanol–water partition coefficient (Wildman–Crippen LogP) is 5.53. The molecule has 2 heterocycles. The molecule has 0 fully saturated rings. The minimum Gasteiger partial charge on any atom is -0.319 e. The lowest BCUT2D eigenvalue weighted by molar-refractivity contribution is 0.102. The van der Waals surface area contributed by atoms with Crippen LogP contribution in [0.25, 0.3) is 5.65 Å². The first kappa shape index (κ1) is 17.3. The summed E-state index contributed by atoms with van der Waals surface area (Å²) in [6.07, 6.45) is 2.48. The minimum atomic E-state index is -0.277. The highest BCUT2D eigenvalue weighted by Crippen LogP contribution is 2.27. The van der Waals surface area contributed by atoms with Gasteiger partial charge in [0, 0.05) is 15.7 Å². The van der Waals surface area contributed by atoms with Gasteiger partial charge in [0.1, 0.15) is 11.3 Å². The van der Waals surface area contributed by atoms with E-state index in [9.17, 15) is 4.79 Å². The van der Waals surface area contributed by atoms with E-state index >= 15 is 0 Å². The van der Waals surface area contributed by atoms with Gasteiger partial charge in [-0.05, 0) is 59.1 Å². The first-order valence-corrected chi connectivity index (χ1v) is 8.89. The molecule has 0 radical (unpaired) electrons. The van der Waals surface area contributed by atoms with Gasteiger partial charge in [0.2, 0.25) is 0 Å². The number of carbonyl (C=O) groups is 1. The van der Waals surface area contributed by atoms with E-state index in [4.69, 9.17) is 23.2 Å². The Bertz CT molecular complexity index is 953. The van der Waals surface area contributed by atoms with Crippen molar-refractivity contribution < 1.29 is 4.79 Å². The number of carbonyl (C=O) groups excluding carboxylic acids is 1. The Morgan fingerprint density at radius 3 is 2.79 bits per heavy atom. The van der Waals surface area contributed by atoms with Crippen molar-refractivity contribution in [3.63, 3.8) is 0 Å². The monoisotopic (exact) mass is 425 g/mol. The van der Waals surface area contributed by atoms with Crippen molar-refractivity contribution in [2.24, 2.45) is 0 Å². The lowest BCUT2D eigenvalue weighted by Gasteiger charge is -2.09. The Balaban J connectivity index is 2.11. The first-order valence-electron chi connectivity index (χ1n) is 7.34. The second-order valence-corrected chi connectivity index (χ2v) is 7.13. The SMILES string of the molecule is CCc1nc2c(C)cc(Br)cn2c1C(=O)Nc1cc(Cl)ccc1Cl. The molecule has 0 aliphatic heterocycles. The van der Waals surface area contributed by atoms with Crippen LogP contribution in [0.4, 0.5) is 5.69 Å². The van der Waals surface area contributed by atoms with E-state index in [-0.39, 0.29) is 5.91 Å². The minimum absolute atomic E-state index is 0.277. The second-order valence-electron chi connectivity index (χ2n) is 5.37. The second kappa shape index (κ2) is 6.75. The molecule has 4 nitrogen and oxygen atoms in total. The van der Waals surface area contributed by atoms with Gasteiger partial charge in [-0.15, -0.1) is 0 Å². The number of hydrogen-bond acceptors (Lipinski definition) is 2. The number of hydrogen-bond donors (Lipinski definition) is 1. The molecular weight excluding hydrogens is 413 g/mol. The maximum absolute atomic E-state index is 12.9. The van der Waals surface area contributed by atoms with Crippen LogP contribution < -0.4 is 5.32 Å². The zero-order valence-electron chi connectivity index (χ0n) is 13.0. The van der Waals surface area contributed by atoms with Crippen molar-refractivity contribution in [1.29, 1.82) is 0 Å².